The second-order valence-corrected chi connectivity index (χ2v) is 6.34. The van der Waals surface area contributed by atoms with E-state index in [-0.39, 0.29) is 29.5 Å². The van der Waals surface area contributed by atoms with Crippen molar-refractivity contribution in [1.82, 2.24) is 0 Å². The molecule has 2 heterocycles. The first-order valence-electron chi connectivity index (χ1n) is 7.78. The number of ketones is 1. The fraction of sp³-hybridized carbons (Fsp3) is 0.444. The number of carbonyl (C=O) groups excluding carboxylic acids is 1. The van der Waals surface area contributed by atoms with E-state index in [1.54, 1.807) is 13.0 Å². The quantitative estimate of drug-likeness (QED) is 0.794. The lowest BCUT2D eigenvalue weighted by molar-refractivity contribution is 0.0730. The van der Waals surface area contributed by atoms with Crippen LogP contribution in [0, 0.1) is 12.8 Å². The number of Topliss-reactive ketones (excluding diaryl/α,β-unsaturated/α-hetero) is 1. The third kappa shape index (κ3) is 2.50. The van der Waals surface area contributed by atoms with Gasteiger partial charge in [-0.25, -0.2) is 4.79 Å². The summed E-state index contributed by atoms with van der Waals surface area (Å²) in [4.78, 5) is 24.5. The van der Waals surface area contributed by atoms with E-state index in [0.29, 0.717) is 28.0 Å². The van der Waals surface area contributed by atoms with Crippen molar-refractivity contribution in [3.05, 3.63) is 33.7 Å². The maximum atomic E-state index is 12.7. The highest BCUT2D eigenvalue weighted by molar-refractivity contribution is 6.12. The Morgan fingerprint density at radius 1 is 1.17 bits per heavy atom. The number of hydrogen-bond donors (Lipinski definition) is 0. The van der Waals surface area contributed by atoms with Gasteiger partial charge in [-0.05, 0) is 33.3 Å². The first-order chi connectivity index (χ1) is 10.8. The molecule has 3 rings (SSSR count). The average Bonchev–Trinajstić information content (AvgIpc) is 2.43. The third-order valence-electron chi connectivity index (χ3n) is 4.18. The van der Waals surface area contributed by atoms with Crippen molar-refractivity contribution in [1.29, 1.82) is 0 Å². The van der Waals surface area contributed by atoms with Crippen LogP contribution in [-0.4, -0.2) is 18.0 Å². The minimum atomic E-state index is -0.488. The van der Waals surface area contributed by atoms with Crippen LogP contribution in [0.1, 0.15) is 43.6 Å². The highest BCUT2D eigenvalue weighted by Gasteiger charge is 2.35. The summed E-state index contributed by atoms with van der Waals surface area (Å²) in [6, 6.07) is 3.13. The van der Waals surface area contributed by atoms with Gasteiger partial charge in [0, 0.05) is 12.1 Å². The van der Waals surface area contributed by atoms with Crippen LogP contribution in [0.2, 0.25) is 0 Å². The molecule has 0 N–H and O–H groups in total. The molecule has 5 nitrogen and oxygen atoms in total. The molecule has 23 heavy (non-hydrogen) atoms. The minimum absolute atomic E-state index is 0.0572. The summed E-state index contributed by atoms with van der Waals surface area (Å²) >= 11 is 0. The Balaban J connectivity index is 2.40. The number of rotatable bonds is 2. The van der Waals surface area contributed by atoms with Gasteiger partial charge in [-0.2, -0.15) is 0 Å². The molecule has 0 saturated heterocycles. The van der Waals surface area contributed by atoms with Gasteiger partial charge in [-0.1, -0.05) is 6.92 Å². The first kappa shape index (κ1) is 15.6. The molecule has 5 heteroatoms. The highest BCUT2D eigenvalue weighted by atomic mass is 16.5. The van der Waals surface area contributed by atoms with Gasteiger partial charge in [0.1, 0.15) is 23.2 Å². The van der Waals surface area contributed by atoms with Crippen molar-refractivity contribution >= 4 is 16.8 Å². The number of fused-ring (bicyclic) bond motifs is 3. The zero-order chi connectivity index (χ0) is 16.9. The van der Waals surface area contributed by atoms with Gasteiger partial charge in [0.05, 0.1) is 17.4 Å². The van der Waals surface area contributed by atoms with Crippen LogP contribution < -0.4 is 15.1 Å². The lowest BCUT2D eigenvalue weighted by atomic mass is 9.89. The molecule has 0 unspecified atom stereocenters. The molecule has 0 radical (unpaired) electrons. The summed E-state index contributed by atoms with van der Waals surface area (Å²) < 4.78 is 17.1. The van der Waals surface area contributed by atoms with Crippen molar-refractivity contribution in [2.45, 2.75) is 46.8 Å². The third-order valence-corrected chi connectivity index (χ3v) is 4.18. The summed E-state index contributed by atoms with van der Waals surface area (Å²) in [5, 5.41) is 0.649. The van der Waals surface area contributed by atoms with E-state index in [0.717, 1.165) is 0 Å². The van der Waals surface area contributed by atoms with Gasteiger partial charge in [-0.3, -0.25) is 4.79 Å². The van der Waals surface area contributed by atoms with Gasteiger partial charge in [0.25, 0.3) is 0 Å². The van der Waals surface area contributed by atoms with Crippen LogP contribution in [0.4, 0.5) is 0 Å². The normalized spacial score (nSPS) is 20.5. The Kier molecular flexibility index (Phi) is 3.66. The molecule has 1 aromatic heterocycles. The molecule has 1 aliphatic heterocycles. The minimum Gasteiger partial charge on any atom is -0.490 e. The average molecular weight is 316 g/mol. The van der Waals surface area contributed by atoms with Crippen LogP contribution in [0.3, 0.4) is 0 Å². The van der Waals surface area contributed by atoms with Gasteiger partial charge in [0.15, 0.2) is 11.4 Å². The number of carbonyl (C=O) groups is 1. The number of ether oxygens (including phenoxy) is 2. The zero-order valence-electron chi connectivity index (χ0n) is 13.9. The predicted molar refractivity (Wildman–Crippen MR) is 86.6 cm³/mol. The van der Waals surface area contributed by atoms with Crippen molar-refractivity contribution < 1.29 is 18.7 Å². The monoisotopic (exact) mass is 316 g/mol. The summed E-state index contributed by atoms with van der Waals surface area (Å²) in [5.41, 5.74) is 0.821. The molecule has 0 bridgehead atoms. The van der Waals surface area contributed by atoms with Gasteiger partial charge in [0.2, 0.25) is 0 Å². The summed E-state index contributed by atoms with van der Waals surface area (Å²) in [6.45, 7) is 9.30. The molecule has 0 spiro atoms. The second-order valence-electron chi connectivity index (χ2n) is 6.34. The number of aryl methyl sites for hydroxylation is 1. The predicted octanol–water partition coefficient (Wildman–Crippen LogP) is 3.49. The molecule has 0 fully saturated rings. The van der Waals surface area contributed by atoms with Crippen LogP contribution in [0.25, 0.3) is 11.0 Å². The summed E-state index contributed by atoms with van der Waals surface area (Å²) in [6.07, 6.45) is -0.297. The van der Waals surface area contributed by atoms with Gasteiger partial charge >= 0.3 is 5.63 Å². The Labute approximate surface area is 134 Å². The van der Waals surface area contributed by atoms with Crippen molar-refractivity contribution in [2.24, 2.45) is 5.92 Å². The van der Waals surface area contributed by atoms with Crippen LogP contribution in [-0.2, 0) is 0 Å². The maximum Gasteiger partial charge on any atom is 0.336 e. The van der Waals surface area contributed by atoms with E-state index in [4.69, 9.17) is 13.9 Å². The Morgan fingerprint density at radius 3 is 2.52 bits per heavy atom. The molecule has 2 atom stereocenters. The largest absolute Gasteiger partial charge is 0.490 e. The standard InChI is InChI=1S/C18H20O5/c1-8(2)21-12-7-13-16(17(20)10(4)11(5)22-13)18-15(12)9(3)6-14(19)23-18/h6-8,10-11H,1-5H3/t10-,11-/m1/s1. The van der Waals surface area contributed by atoms with Crippen LogP contribution >= 0.6 is 0 Å². The molecule has 1 aliphatic rings. The molecule has 2 aromatic rings. The van der Waals surface area contributed by atoms with Crippen LogP contribution in [0.15, 0.2) is 21.3 Å². The van der Waals surface area contributed by atoms with E-state index in [1.807, 2.05) is 27.7 Å². The smallest absolute Gasteiger partial charge is 0.336 e. The zero-order valence-corrected chi connectivity index (χ0v) is 13.9. The van der Waals surface area contributed by atoms with E-state index in [2.05, 4.69) is 0 Å². The van der Waals surface area contributed by atoms with Crippen molar-refractivity contribution in [2.75, 3.05) is 0 Å². The summed E-state index contributed by atoms with van der Waals surface area (Å²) in [5.74, 6) is 0.601. The lowest BCUT2D eigenvalue weighted by Gasteiger charge is -2.29. The first-order valence-corrected chi connectivity index (χ1v) is 7.78. The Morgan fingerprint density at radius 2 is 1.87 bits per heavy atom. The Bertz CT molecular complexity index is 847. The molecular formula is C18H20O5. The topological polar surface area (TPSA) is 65.7 Å². The maximum absolute atomic E-state index is 12.7. The molecule has 0 amide bonds. The Hall–Kier alpha value is -2.30. The molecular weight excluding hydrogens is 296 g/mol. The summed E-state index contributed by atoms with van der Waals surface area (Å²) in [7, 11) is 0. The number of benzene rings is 1. The molecule has 122 valence electrons. The second kappa shape index (κ2) is 5.41. The molecule has 0 aliphatic carbocycles. The van der Waals surface area contributed by atoms with Crippen molar-refractivity contribution in [3.8, 4) is 11.5 Å². The molecule has 0 saturated carbocycles. The lowest BCUT2D eigenvalue weighted by Crippen LogP contribution is -2.33. The van der Waals surface area contributed by atoms with E-state index < -0.39 is 5.63 Å². The van der Waals surface area contributed by atoms with Gasteiger partial charge in [-0.15, -0.1) is 0 Å². The SMILES string of the molecule is Cc1cc(=O)oc2c3c(cc(OC(C)C)c12)O[C@H](C)[C@@H](C)C3=O. The fourth-order valence-electron chi connectivity index (χ4n) is 2.88. The van der Waals surface area contributed by atoms with Crippen LogP contribution in [0.5, 0.6) is 11.5 Å². The van der Waals surface area contributed by atoms with Gasteiger partial charge < -0.3 is 13.9 Å². The van der Waals surface area contributed by atoms with E-state index in [1.165, 1.54) is 6.07 Å². The fourth-order valence-corrected chi connectivity index (χ4v) is 2.88. The highest BCUT2D eigenvalue weighted by Crippen LogP contribution is 2.42. The molecule has 1 aromatic carbocycles. The van der Waals surface area contributed by atoms with E-state index >= 15 is 0 Å². The van der Waals surface area contributed by atoms with E-state index in [9.17, 15) is 9.59 Å². The van der Waals surface area contributed by atoms with Crippen molar-refractivity contribution in [3.63, 3.8) is 0 Å². The number of hydrogen-bond acceptors (Lipinski definition) is 5.